The number of hydrogen-bond donors (Lipinski definition) is 1. The zero-order valence-corrected chi connectivity index (χ0v) is 9.98. The molecular formula is C12H18O5. The third-order valence-corrected chi connectivity index (χ3v) is 3.03. The van der Waals surface area contributed by atoms with Crippen LogP contribution < -0.4 is 0 Å². The first-order chi connectivity index (χ1) is 8.04. The van der Waals surface area contributed by atoms with Gasteiger partial charge in [-0.25, -0.2) is 4.79 Å². The molecule has 0 heterocycles. The van der Waals surface area contributed by atoms with Gasteiger partial charge in [-0.3, -0.25) is 9.59 Å². The normalized spacial score (nSPS) is 24.8. The number of carboxylic acid groups (broad SMARTS) is 1. The van der Waals surface area contributed by atoms with E-state index < -0.39 is 18.2 Å². The summed E-state index contributed by atoms with van der Waals surface area (Å²) in [7, 11) is 0. The number of unbranched alkanes of at least 4 members (excludes halogenated alkanes) is 2. The molecule has 5 nitrogen and oxygen atoms in total. The largest absolute Gasteiger partial charge is 0.506 e. The van der Waals surface area contributed by atoms with Crippen molar-refractivity contribution in [3.8, 4) is 0 Å². The third-order valence-electron chi connectivity index (χ3n) is 3.03. The minimum Gasteiger partial charge on any atom is -0.450 e. The van der Waals surface area contributed by atoms with Crippen molar-refractivity contribution in [1.82, 2.24) is 0 Å². The molecule has 96 valence electrons. The van der Waals surface area contributed by atoms with E-state index in [4.69, 9.17) is 5.11 Å². The van der Waals surface area contributed by atoms with E-state index in [0.29, 0.717) is 6.42 Å². The first kappa shape index (κ1) is 13.7. The second-order valence-corrected chi connectivity index (χ2v) is 4.41. The summed E-state index contributed by atoms with van der Waals surface area (Å²) in [6, 6.07) is 0. The Morgan fingerprint density at radius 3 is 2.71 bits per heavy atom. The van der Waals surface area contributed by atoms with Crippen LogP contribution >= 0.6 is 0 Å². The summed E-state index contributed by atoms with van der Waals surface area (Å²) in [5.41, 5.74) is 0. The summed E-state index contributed by atoms with van der Waals surface area (Å²) < 4.78 is 4.65. The van der Waals surface area contributed by atoms with Gasteiger partial charge in [0.15, 0.2) is 0 Å². The summed E-state index contributed by atoms with van der Waals surface area (Å²) in [4.78, 5) is 33.5. The van der Waals surface area contributed by atoms with Gasteiger partial charge in [0.1, 0.15) is 17.7 Å². The van der Waals surface area contributed by atoms with Crippen molar-refractivity contribution in [2.45, 2.75) is 51.6 Å². The van der Waals surface area contributed by atoms with E-state index >= 15 is 0 Å². The highest BCUT2D eigenvalue weighted by molar-refractivity contribution is 6.03. The molecule has 5 heteroatoms. The predicted molar refractivity (Wildman–Crippen MR) is 59.8 cm³/mol. The Morgan fingerprint density at radius 2 is 2.12 bits per heavy atom. The molecule has 0 aromatic carbocycles. The van der Waals surface area contributed by atoms with Crippen molar-refractivity contribution in [2.24, 2.45) is 5.92 Å². The van der Waals surface area contributed by atoms with Crippen LogP contribution in [-0.2, 0) is 14.3 Å². The lowest BCUT2D eigenvalue weighted by atomic mass is 9.81. The van der Waals surface area contributed by atoms with Gasteiger partial charge in [0.05, 0.1) is 12.3 Å². The average Bonchev–Trinajstić information content (AvgIpc) is 2.21. The molecule has 2 atom stereocenters. The van der Waals surface area contributed by atoms with Crippen molar-refractivity contribution in [2.75, 3.05) is 0 Å². The van der Waals surface area contributed by atoms with Gasteiger partial charge < -0.3 is 9.84 Å². The first-order valence-corrected chi connectivity index (χ1v) is 5.98. The van der Waals surface area contributed by atoms with Crippen molar-refractivity contribution in [3.63, 3.8) is 0 Å². The van der Waals surface area contributed by atoms with Crippen molar-refractivity contribution in [1.29, 1.82) is 0 Å². The van der Waals surface area contributed by atoms with Crippen LogP contribution in [0.4, 0.5) is 4.79 Å². The zero-order chi connectivity index (χ0) is 12.8. The summed E-state index contributed by atoms with van der Waals surface area (Å²) >= 11 is 0. The molecule has 17 heavy (non-hydrogen) atoms. The van der Waals surface area contributed by atoms with E-state index in [2.05, 4.69) is 11.7 Å². The molecule has 0 radical (unpaired) electrons. The van der Waals surface area contributed by atoms with Gasteiger partial charge in [0.2, 0.25) is 0 Å². The molecular weight excluding hydrogens is 224 g/mol. The maximum atomic E-state index is 11.7. The molecule has 1 rings (SSSR count). The Balaban J connectivity index is 2.61. The van der Waals surface area contributed by atoms with E-state index in [1.54, 1.807) is 0 Å². The maximum absolute atomic E-state index is 11.7. The maximum Gasteiger partial charge on any atom is 0.506 e. The zero-order valence-electron chi connectivity index (χ0n) is 9.98. The lowest BCUT2D eigenvalue weighted by molar-refractivity contribution is -0.139. The van der Waals surface area contributed by atoms with Crippen LogP contribution in [0.5, 0.6) is 0 Å². The highest BCUT2D eigenvalue weighted by Gasteiger charge is 2.37. The Bertz CT molecular complexity index is 308. The van der Waals surface area contributed by atoms with E-state index in [9.17, 15) is 14.4 Å². The van der Waals surface area contributed by atoms with Gasteiger partial charge in [-0.1, -0.05) is 26.2 Å². The number of ketones is 2. The van der Waals surface area contributed by atoms with E-state index in [1.807, 2.05) is 0 Å². The Morgan fingerprint density at radius 1 is 1.41 bits per heavy atom. The molecule has 1 saturated carbocycles. The molecule has 0 aromatic heterocycles. The molecule has 0 amide bonds. The molecule has 1 N–H and O–H groups in total. The minimum absolute atomic E-state index is 0.0365. The highest BCUT2D eigenvalue weighted by atomic mass is 16.7. The van der Waals surface area contributed by atoms with Crippen LogP contribution in [0.25, 0.3) is 0 Å². The molecule has 0 saturated heterocycles. The van der Waals surface area contributed by atoms with Gasteiger partial charge in [-0.15, -0.1) is 0 Å². The SMILES string of the molecule is CCCCCC1C(=O)CC(=O)CC1OC(=O)O. The fourth-order valence-electron chi connectivity index (χ4n) is 2.19. The molecule has 0 spiro atoms. The standard InChI is InChI=1S/C12H18O5/c1-2-3-4-5-9-10(14)6-8(13)7-11(9)17-12(15)16/h9,11H,2-7H2,1H3,(H,15,16). The van der Waals surface area contributed by atoms with Gasteiger partial charge in [-0.2, -0.15) is 0 Å². The first-order valence-electron chi connectivity index (χ1n) is 5.98. The quantitative estimate of drug-likeness (QED) is 0.454. The Kier molecular flexibility index (Phi) is 5.12. The van der Waals surface area contributed by atoms with E-state index in [1.165, 1.54) is 0 Å². The molecule has 0 aliphatic heterocycles. The van der Waals surface area contributed by atoms with Gasteiger partial charge in [0.25, 0.3) is 0 Å². The molecule has 1 fully saturated rings. The van der Waals surface area contributed by atoms with E-state index in [-0.39, 0.29) is 24.4 Å². The summed E-state index contributed by atoms with van der Waals surface area (Å²) in [6.45, 7) is 2.05. The predicted octanol–water partition coefficient (Wildman–Crippen LogP) is 2.18. The highest BCUT2D eigenvalue weighted by Crippen LogP contribution is 2.27. The molecule has 0 bridgehead atoms. The Hall–Kier alpha value is -1.39. The summed E-state index contributed by atoms with van der Waals surface area (Å²) in [6.07, 6.45) is 1.27. The molecule has 1 aliphatic carbocycles. The van der Waals surface area contributed by atoms with Crippen LogP contribution in [-0.4, -0.2) is 28.9 Å². The molecule has 1 aliphatic rings. The summed E-state index contributed by atoms with van der Waals surface area (Å²) in [5, 5.41) is 8.58. The number of carbonyl (C=O) groups excluding carboxylic acids is 2. The number of rotatable bonds is 5. The van der Waals surface area contributed by atoms with Crippen molar-refractivity contribution < 1.29 is 24.2 Å². The monoisotopic (exact) mass is 242 g/mol. The number of carbonyl (C=O) groups is 3. The van der Waals surface area contributed by atoms with Crippen LogP contribution in [0.1, 0.15) is 45.4 Å². The lowest BCUT2D eigenvalue weighted by Gasteiger charge is -2.28. The summed E-state index contributed by atoms with van der Waals surface area (Å²) in [5.74, 6) is -0.841. The number of ether oxygens (including phenoxy) is 1. The van der Waals surface area contributed by atoms with E-state index in [0.717, 1.165) is 19.3 Å². The van der Waals surface area contributed by atoms with Gasteiger partial charge >= 0.3 is 6.16 Å². The topological polar surface area (TPSA) is 80.7 Å². The van der Waals surface area contributed by atoms with Crippen LogP contribution in [0, 0.1) is 5.92 Å². The number of Topliss-reactive ketones (excluding diaryl/α,β-unsaturated/α-hetero) is 2. The average molecular weight is 242 g/mol. The number of hydrogen-bond acceptors (Lipinski definition) is 4. The van der Waals surface area contributed by atoms with Gasteiger partial charge in [0, 0.05) is 6.42 Å². The Labute approximate surface area is 100 Å². The minimum atomic E-state index is -1.42. The molecule has 0 aromatic rings. The van der Waals surface area contributed by atoms with Crippen molar-refractivity contribution in [3.05, 3.63) is 0 Å². The smallest absolute Gasteiger partial charge is 0.450 e. The van der Waals surface area contributed by atoms with Crippen LogP contribution in [0.15, 0.2) is 0 Å². The van der Waals surface area contributed by atoms with Crippen molar-refractivity contribution >= 4 is 17.7 Å². The van der Waals surface area contributed by atoms with Crippen LogP contribution in [0.2, 0.25) is 0 Å². The third kappa shape index (κ3) is 4.17. The molecule has 2 unspecified atom stereocenters. The fourth-order valence-corrected chi connectivity index (χ4v) is 2.19. The van der Waals surface area contributed by atoms with Crippen LogP contribution in [0.3, 0.4) is 0 Å². The second kappa shape index (κ2) is 6.37. The van der Waals surface area contributed by atoms with Gasteiger partial charge in [-0.05, 0) is 6.42 Å². The fraction of sp³-hybridized carbons (Fsp3) is 0.750. The lowest BCUT2D eigenvalue weighted by Crippen LogP contribution is -2.39. The second-order valence-electron chi connectivity index (χ2n) is 4.41.